The van der Waals surface area contributed by atoms with Crippen LogP contribution in [0.25, 0.3) is 0 Å². The minimum Gasteiger partial charge on any atom is -0.480 e. The van der Waals surface area contributed by atoms with Crippen LogP contribution >= 0.6 is 0 Å². The van der Waals surface area contributed by atoms with Gasteiger partial charge >= 0.3 is 5.97 Å². The molecule has 0 aliphatic heterocycles. The maximum absolute atomic E-state index is 12.5. The third kappa shape index (κ3) is 3.90. The van der Waals surface area contributed by atoms with E-state index in [1.807, 2.05) is 0 Å². The van der Waals surface area contributed by atoms with Crippen molar-refractivity contribution in [2.45, 2.75) is 55.2 Å². The van der Waals surface area contributed by atoms with Crippen molar-refractivity contribution in [2.75, 3.05) is 0 Å². The topological polar surface area (TPSA) is 101 Å². The third-order valence-electron chi connectivity index (χ3n) is 4.20. The number of sulfone groups is 1. The Morgan fingerprint density at radius 1 is 1.22 bits per heavy atom. The lowest BCUT2D eigenvalue weighted by Crippen LogP contribution is -2.40. The summed E-state index contributed by atoms with van der Waals surface area (Å²) in [6.07, 6.45) is 3.49. The number of hydrogen-bond donors (Lipinski definition) is 2. The van der Waals surface area contributed by atoms with Crippen molar-refractivity contribution < 1.29 is 23.1 Å². The second-order valence-corrected chi connectivity index (χ2v) is 7.98. The highest BCUT2D eigenvalue weighted by Gasteiger charge is 2.30. The summed E-state index contributed by atoms with van der Waals surface area (Å²) in [4.78, 5) is 23.2. The van der Waals surface area contributed by atoms with Crippen molar-refractivity contribution in [1.29, 1.82) is 0 Å². The Bertz CT molecular complexity index is 675. The molecule has 1 unspecified atom stereocenters. The molecule has 0 saturated heterocycles. The Balaban J connectivity index is 2.13. The summed E-state index contributed by atoms with van der Waals surface area (Å²) in [5, 5.41) is 11.0. The first-order chi connectivity index (χ1) is 10.9. The number of rotatable bonds is 6. The molecule has 1 aromatic carbocycles. The SMILES string of the molecule is CCC(NC(=O)c1ccc(S(=O)(=O)C2CCCC2)cc1)C(=O)O. The molecule has 7 heteroatoms. The molecule has 0 radical (unpaired) electrons. The van der Waals surface area contributed by atoms with Gasteiger partial charge in [-0.3, -0.25) is 4.79 Å². The van der Waals surface area contributed by atoms with E-state index in [4.69, 9.17) is 5.11 Å². The Hall–Kier alpha value is -1.89. The molecule has 6 nitrogen and oxygen atoms in total. The first kappa shape index (κ1) is 17.5. The molecule has 126 valence electrons. The van der Waals surface area contributed by atoms with Crippen molar-refractivity contribution in [3.05, 3.63) is 29.8 Å². The second-order valence-electron chi connectivity index (χ2n) is 5.75. The number of hydrogen-bond acceptors (Lipinski definition) is 4. The van der Waals surface area contributed by atoms with Crippen LogP contribution in [0.1, 0.15) is 49.4 Å². The van der Waals surface area contributed by atoms with Gasteiger partial charge in [-0.05, 0) is 43.5 Å². The molecule has 1 saturated carbocycles. The molecule has 1 aliphatic carbocycles. The number of amides is 1. The average molecular weight is 339 g/mol. The molecule has 23 heavy (non-hydrogen) atoms. The maximum Gasteiger partial charge on any atom is 0.326 e. The van der Waals surface area contributed by atoms with E-state index in [2.05, 4.69) is 5.32 Å². The van der Waals surface area contributed by atoms with Crippen molar-refractivity contribution >= 4 is 21.7 Å². The van der Waals surface area contributed by atoms with E-state index in [0.29, 0.717) is 12.8 Å². The molecule has 0 spiro atoms. The van der Waals surface area contributed by atoms with Crippen LogP contribution in [0.4, 0.5) is 0 Å². The molecule has 2 rings (SSSR count). The highest BCUT2D eigenvalue weighted by molar-refractivity contribution is 7.92. The first-order valence-corrected chi connectivity index (χ1v) is 9.28. The molecule has 0 heterocycles. The van der Waals surface area contributed by atoms with Gasteiger partial charge in [-0.25, -0.2) is 13.2 Å². The summed E-state index contributed by atoms with van der Waals surface area (Å²) in [7, 11) is -3.35. The minimum absolute atomic E-state index is 0.214. The van der Waals surface area contributed by atoms with Gasteiger partial charge < -0.3 is 10.4 Å². The molecule has 1 fully saturated rings. The summed E-state index contributed by atoms with van der Waals surface area (Å²) < 4.78 is 24.9. The van der Waals surface area contributed by atoms with Crippen LogP contribution in [0.3, 0.4) is 0 Å². The number of aliphatic carboxylic acids is 1. The summed E-state index contributed by atoms with van der Waals surface area (Å²) in [5.74, 6) is -1.62. The smallest absolute Gasteiger partial charge is 0.326 e. The summed E-state index contributed by atoms with van der Waals surface area (Å²) in [5.41, 5.74) is 0.245. The van der Waals surface area contributed by atoms with E-state index in [1.165, 1.54) is 24.3 Å². The highest BCUT2D eigenvalue weighted by atomic mass is 32.2. The number of carboxylic acids is 1. The van der Waals surface area contributed by atoms with Crippen LogP contribution in [0.15, 0.2) is 29.2 Å². The zero-order valence-electron chi connectivity index (χ0n) is 13.0. The van der Waals surface area contributed by atoms with Gasteiger partial charge in [0.05, 0.1) is 10.1 Å². The Morgan fingerprint density at radius 3 is 2.26 bits per heavy atom. The number of benzene rings is 1. The average Bonchev–Trinajstić information content (AvgIpc) is 3.07. The van der Waals surface area contributed by atoms with Gasteiger partial charge in [-0.1, -0.05) is 19.8 Å². The number of nitrogens with one attached hydrogen (secondary N) is 1. The van der Waals surface area contributed by atoms with E-state index in [1.54, 1.807) is 6.92 Å². The van der Waals surface area contributed by atoms with Crippen molar-refractivity contribution in [2.24, 2.45) is 0 Å². The zero-order valence-corrected chi connectivity index (χ0v) is 13.8. The number of carboxylic acid groups (broad SMARTS) is 1. The quantitative estimate of drug-likeness (QED) is 0.825. The van der Waals surface area contributed by atoms with Gasteiger partial charge in [0.25, 0.3) is 5.91 Å². The molecule has 2 N–H and O–H groups in total. The standard InChI is InChI=1S/C16H21NO5S/c1-2-14(16(19)20)17-15(18)11-7-9-13(10-8-11)23(21,22)12-5-3-4-6-12/h7-10,12,14H,2-6H2,1H3,(H,17,18)(H,19,20). The fourth-order valence-electron chi connectivity index (χ4n) is 2.77. The Labute approximate surface area is 135 Å². The van der Waals surface area contributed by atoms with Gasteiger partial charge in [0.2, 0.25) is 0 Å². The fourth-order valence-corrected chi connectivity index (χ4v) is 4.62. The monoisotopic (exact) mass is 339 g/mol. The van der Waals surface area contributed by atoms with Crippen LogP contribution < -0.4 is 5.32 Å². The van der Waals surface area contributed by atoms with Gasteiger partial charge in [0.15, 0.2) is 9.84 Å². The predicted octanol–water partition coefficient (Wildman–Crippen LogP) is 2.00. The fraction of sp³-hybridized carbons (Fsp3) is 0.500. The van der Waals surface area contributed by atoms with Gasteiger partial charge in [-0.15, -0.1) is 0 Å². The van der Waals surface area contributed by atoms with E-state index < -0.39 is 27.8 Å². The van der Waals surface area contributed by atoms with E-state index >= 15 is 0 Å². The van der Waals surface area contributed by atoms with Gasteiger partial charge in [-0.2, -0.15) is 0 Å². The summed E-state index contributed by atoms with van der Waals surface area (Å²) in [6.45, 7) is 1.66. The van der Waals surface area contributed by atoms with E-state index in [9.17, 15) is 18.0 Å². The summed E-state index contributed by atoms with van der Waals surface area (Å²) in [6, 6.07) is 4.73. The molecule has 0 aromatic heterocycles. The normalized spacial score (nSPS) is 16.9. The van der Waals surface area contributed by atoms with Crippen molar-refractivity contribution in [3.63, 3.8) is 0 Å². The summed E-state index contributed by atoms with van der Waals surface area (Å²) >= 11 is 0. The van der Waals surface area contributed by atoms with Crippen molar-refractivity contribution in [3.8, 4) is 0 Å². The lowest BCUT2D eigenvalue weighted by molar-refractivity contribution is -0.139. The van der Waals surface area contributed by atoms with Crippen LogP contribution in [-0.2, 0) is 14.6 Å². The molecule has 1 atom stereocenters. The van der Waals surface area contributed by atoms with E-state index in [0.717, 1.165) is 12.8 Å². The molecule has 1 amide bonds. The molecular weight excluding hydrogens is 318 g/mol. The lowest BCUT2D eigenvalue weighted by atomic mass is 10.1. The van der Waals surface area contributed by atoms with E-state index in [-0.39, 0.29) is 22.1 Å². The number of carbonyl (C=O) groups is 2. The second kappa shape index (κ2) is 7.12. The Morgan fingerprint density at radius 2 is 1.78 bits per heavy atom. The predicted molar refractivity (Wildman–Crippen MR) is 85.1 cm³/mol. The zero-order chi connectivity index (χ0) is 17.0. The molecule has 1 aromatic rings. The lowest BCUT2D eigenvalue weighted by Gasteiger charge is -2.13. The third-order valence-corrected chi connectivity index (χ3v) is 6.48. The van der Waals surface area contributed by atoms with Crippen LogP contribution in [0, 0.1) is 0 Å². The van der Waals surface area contributed by atoms with Crippen LogP contribution in [0.2, 0.25) is 0 Å². The van der Waals surface area contributed by atoms with Crippen LogP contribution in [0.5, 0.6) is 0 Å². The largest absolute Gasteiger partial charge is 0.480 e. The number of carbonyl (C=O) groups excluding carboxylic acids is 1. The first-order valence-electron chi connectivity index (χ1n) is 7.74. The van der Waals surface area contributed by atoms with Gasteiger partial charge in [0, 0.05) is 5.56 Å². The van der Waals surface area contributed by atoms with Crippen molar-refractivity contribution in [1.82, 2.24) is 5.32 Å². The molecule has 0 bridgehead atoms. The molecular formula is C16H21NO5S. The van der Waals surface area contributed by atoms with Crippen LogP contribution in [-0.4, -0.2) is 36.7 Å². The minimum atomic E-state index is -3.35. The maximum atomic E-state index is 12.5. The van der Waals surface area contributed by atoms with Gasteiger partial charge in [0.1, 0.15) is 6.04 Å². The molecule has 1 aliphatic rings. The Kier molecular flexibility index (Phi) is 5.41. The highest BCUT2D eigenvalue weighted by Crippen LogP contribution is 2.29.